The summed E-state index contributed by atoms with van der Waals surface area (Å²) in [5.74, 6) is -1.05. The van der Waals surface area contributed by atoms with Crippen LogP contribution >= 0.6 is 0 Å². The van der Waals surface area contributed by atoms with Crippen molar-refractivity contribution in [2.24, 2.45) is 0 Å². The van der Waals surface area contributed by atoms with Crippen LogP contribution < -0.4 is 10.6 Å². The molecular weight excluding hydrogens is 296 g/mol. The second-order valence-corrected chi connectivity index (χ2v) is 6.33. The van der Waals surface area contributed by atoms with Gasteiger partial charge in [0.05, 0.1) is 0 Å². The molecule has 6 heteroatoms. The van der Waals surface area contributed by atoms with Crippen LogP contribution in [0.5, 0.6) is 0 Å². The van der Waals surface area contributed by atoms with Gasteiger partial charge < -0.3 is 20.5 Å². The number of nitrogens with one attached hydrogen (secondary N) is 2. The summed E-state index contributed by atoms with van der Waals surface area (Å²) in [5, 5.41) is 14.8. The molecule has 23 heavy (non-hydrogen) atoms. The predicted octanol–water partition coefficient (Wildman–Crippen LogP) is 3.25. The molecule has 0 saturated carbocycles. The van der Waals surface area contributed by atoms with E-state index < -0.39 is 23.7 Å². The number of aliphatic carboxylic acids is 1. The van der Waals surface area contributed by atoms with Crippen LogP contribution in [0.2, 0.25) is 0 Å². The molecule has 0 bridgehead atoms. The van der Waals surface area contributed by atoms with E-state index in [9.17, 15) is 9.59 Å². The number of unbranched alkanes of at least 4 members (excludes halogenated alkanes) is 1. The van der Waals surface area contributed by atoms with Gasteiger partial charge in [-0.05, 0) is 52.2 Å². The molecule has 0 aliphatic heterocycles. The monoisotopic (exact) mass is 322 g/mol. The number of rotatable bonds is 8. The maximum absolute atomic E-state index is 11.6. The number of carboxylic acids is 1. The lowest BCUT2D eigenvalue weighted by atomic mass is 10.1. The van der Waals surface area contributed by atoms with Crippen molar-refractivity contribution in [3.8, 4) is 0 Å². The summed E-state index contributed by atoms with van der Waals surface area (Å²) < 4.78 is 5.08. The summed E-state index contributed by atoms with van der Waals surface area (Å²) in [7, 11) is 0. The maximum Gasteiger partial charge on any atom is 0.408 e. The Kier molecular flexibility index (Phi) is 7.38. The Hall–Kier alpha value is -2.24. The third kappa shape index (κ3) is 8.70. The standard InChI is InChI=1S/C17H26N2O4/c1-17(2,3)23-16(22)19-14(15(20)21)11-7-8-12-18-13-9-5-4-6-10-13/h4-6,9-10,14,18H,7-8,11-12H2,1-3H3,(H,19,22)(H,20,21)/t14-/m0/s1. The zero-order valence-corrected chi connectivity index (χ0v) is 14.0. The highest BCUT2D eigenvalue weighted by Crippen LogP contribution is 2.09. The molecule has 0 fully saturated rings. The maximum atomic E-state index is 11.6. The molecule has 0 aliphatic carbocycles. The largest absolute Gasteiger partial charge is 0.480 e. The van der Waals surface area contributed by atoms with Crippen molar-refractivity contribution < 1.29 is 19.4 Å². The molecule has 1 aromatic carbocycles. The third-order valence-corrected chi connectivity index (χ3v) is 3.01. The van der Waals surface area contributed by atoms with Gasteiger partial charge in [-0.25, -0.2) is 9.59 Å². The molecule has 1 rings (SSSR count). The van der Waals surface area contributed by atoms with Crippen LogP contribution in [0.4, 0.5) is 10.5 Å². The topological polar surface area (TPSA) is 87.7 Å². The van der Waals surface area contributed by atoms with Crippen molar-refractivity contribution in [1.82, 2.24) is 5.32 Å². The number of alkyl carbamates (subject to hydrolysis) is 1. The molecule has 128 valence electrons. The molecule has 1 aromatic rings. The zero-order chi connectivity index (χ0) is 17.3. The van der Waals surface area contributed by atoms with Crippen LogP contribution in [0, 0.1) is 0 Å². The van der Waals surface area contributed by atoms with Gasteiger partial charge in [-0.15, -0.1) is 0 Å². The van der Waals surface area contributed by atoms with Crippen molar-refractivity contribution >= 4 is 17.7 Å². The average Bonchev–Trinajstić information content (AvgIpc) is 2.44. The first-order valence-corrected chi connectivity index (χ1v) is 7.79. The minimum atomic E-state index is -1.05. The van der Waals surface area contributed by atoms with Crippen LogP contribution in [0.25, 0.3) is 0 Å². The number of carbonyl (C=O) groups excluding carboxylic acids is 1. The highest BCUT2D eigenvalue weighted by molar-refractivity contribution is 5.79. The smallest absolute Gasteiger partial charge is 0.408 e. The number of benzene rings is 1. The van der Waals surface area contributed by atoms with E-state index in [4.69, 9.17) is 9.84 Å². The third-order valence-electron chi connectivity index (χ3n) is 3.01. The van der Waals surface area contributed by atoms with Crippen LogP contribution in [-0.2, 0) is 9.53 Å². The molecule has 0 aliphatic rings. The van der Waals surface area contributed by atoms with Crippen LogP contribution in [0.1, 0.15) is 40.0 Å². The second kappa shape index (κ2) is 9.02. The van der Waals surface area contributed by atoms with Crippen molar-refractivity contribution in [3.63, 3.8) is 0 Å². The molecule has 0 aromatic heterocycles. The minimum absolute atomic E-state index is 0.366. The fraction of sp³-hybridized carbons (Fsp3) is 0.529. The second-order valence-electron chi connectivity index (χ2n) is 6.33. The molecule has 0 radical (unpaired) electrons. The van der Waals surface area contributed by atoms with Crippen LogP contribution in [0.3, 0.4) is 0 Å². The van der Waals surface area contributed by atoms with Crippen LogP contribution in [0.15, 0.2) is 30.3 Å². The first-order chi connectivity index (χ1) is 10.8. The van der Waals surface area contributed by atoms with Gasteiger partial charge in [0, 0.05) is 12.2 Å². The lowest BCUT2D eigenvalue weighted by Crippen LogP contribution is -2.43. The Balaban J connectivity index is 2.28. The molecule has 6 nitrogen and oxygen atoms in total. The van der Waals surface area contributed by atoms with E-state index in [2.05, 4.69) is 10.6 Å². The van der Waals surface area contributed by atoms with Gasteiger partial charge in [-0.1, -0.05) is 18.2 Å². The minimum Gasteiger partial charge on any atom is -0.480 e. The van der Waals surface area contributed by atoms with E-state index in [1.807, 2.05) is 30.3 Å². The molecule has 0 unspecified atom stereocenters. The zero-order valence-electron chi connectivity index (χ0n) is 14.0. The molecule has 3 N–H and O–H groups in total. The lowest BCUT2D eigenvalue weighted by molar-refractivity contribution is -0.139. The Morgan fingerprint density at radius 3 is 2.39 bits per heavy atom. The van der Waals surface area contributed by atoms with E-state index in [0.717, 1.165) is 18.7 Å². The molecule has 1 atom stereocenters. The van der Waals surface area contributed by atoms with E-state index in [-0.39, 0.29) is 0 Å². The number of hydrogen-bond acceptors (Lipinski definition) is 4. The number of para-hydroxylation sites is 1. The molecule has 1 amide bonds. The van der Waals surface area contributed by atoms with Crippen molar-refractivity contribution in [1.29, 1.82) is 0 Å². The van der Waals surface area contributed by atoms with Gasteiger partial charge in [0.15, 0.2) is 0 Å². The summed E-state index contributed by atoms with van der Waals surface area (Å²) >= 11 is 0. The highest BCUT2D eigenvalue weighted by Gasteiger charge is 2.23. The molecule has 0 saturated heterocycles. The number of carboxylic acid groups (broad SMARTS) is 1. The Bertz CT molecular complexity index is 497. The van der Waals surface area contributed by atoms with Gasteiger partial charge in [-0.3, -0.25) is 0 Å². The number of carbonyl (C=O) groups is 2. The van der Waals surface area contributed by atoms with Crippen LogP contribution in [-0.4, -0.2) is 35.4 Å². The van der Waals surface area contributed by atoms with E-state index in [1.54, 1.807) is 20.8 Å². The van der Waals surface area contributed by atoms with Gasteiger partial charge in [0.1, 0.15) is 11.6 Å². The van der Waals surface area contributed by atoms with E-state index in [0.29, 0.717) is 12.8 Å². The van der Waals surface area contributed by atoms with E-state index in [1.165, 1.54) is 0 Å². The average molecular weight is 322 g/mol. The summed E-state index contributed by atoms with van der Waals surface area (Å²) in [6.07, 6.45) is 1.17. The normalized spacial score (nSPS) is 12.3. The number of anilines is 1. The van der Waals surface area contributed by atoms with Crippen molar-refractivity contribution in [2.75, 3.05) is 11.9 Å². The predicted molar refractivity (Wildman–Crippen MR) is 89.6 cm³/mol. The highest BCUT2D eigenvalue weighted by atomic mass is 16.6. The molecular formula is C17H26N2O4. The van der Waals surface area contributed by atoms with Gasteiger partial charge >= 0.3 is 12.1 Å². The first-order valence-electron chi connectivity index (χ1n) is 7.79. The molecule has 0 spiro atoms. The fourth-order valence-electron chi connectivity index (χ4n) is 1.97. The van der Waals surface area contributed by atoms with Gasteiger partial charge in [-0.2, -0.15) is 0 Å². The van der Waals surface area contributed by atoms with Gasteiger partial charge in [0.25, 0.3) is 0 Å². The Morgan fingerprint density at radius 1 is 1.17 bits per heavy atom. The molecule has 0 heterocycles. The number of amides is 1. The van der Waals surface area contributed by atoms with Crippen molar-refractivity contribution in [2.45, 2.75) is 51.7 Å². The quantitative estimate of drug-likeness (QED) is 0.640. The number of ether oxygens (including phenoxy) is 1. The number of hydrogen-bond donors (Lipinski definition) is 3. The van der Waals surface area contributed by atoms with Crippen molar-refractivity contribution in [3.05, 3.63) is 30.3 Å². The Morgan fingerprint density at radius 2 is 1.83 bits per heavy atom. The summed E-state index contributed by atoms with van der Waals surface area (Å²) in [6.45, 7) is 5.95. The fourth-order valence-corrected chi connectivity index (χ4v) is 1.97. The lowest BCUT2D eigenvalue weighted by Gasteiger charge is -2.22. The summed E-state index contributed by atoms with van der Waals surface area (Å²) in [5.41, 5.74) is 0.390. The van der Waals surface area contributed by atoms with E-state index >= 15 is 0 Å². The Labute approximate surface area is 137 Å². The summed E-state index contributed by atoms with van der Waals surface area (Å²) in [6, 6.07) is 8.88. The van der Waals surface area contributed by atoms with Gasteiger partial charge in [0.2, 0.25) is 0 Å². The SMILES string of the molecule is CC(C)(C)OC(=O)N[C@@H](CCCCNc1ccccc1)C(=O)O. The summed E-state index contributed by atoms with van der Waals surface area (Å²) in [4.78, 5) is 22.8. The first kappa shape index (κ1) is 18.8.